The molecule has 0 aromatic carbocycles. The highest BCUT2D eigenvalue weighted by molar-refractivity contribution is 8.26. The van der Waals surface area contributed by atoms with Crippen LogP contribution in [0.2, 0.25) is 0 Å². The van der Waals surface area contributed by atoms with E-state index >= 15 is 0 Å². The summed E-state index contributed by atoms with van der Waals surface area (Å²) in [5, 5.41) is 19.4. The molecule has 0 unspecified atom stereocenters. The molecule has 8 heavy (non-hydrogen) atoms. The van der Waals surface area contributed by atoms with Gasteiger partial charge in [-0.25, -0.2) is 0 Å². The molecule has 0 aliphatic rings. The highest BCUT2D eigenvalue weighted by Crippen LogP contribution is 2.01. The summed E-state index contributed by atoms with van der Waals surface area (Å²) in [5.74, 6) is 0. The summed E-state index contributed by atoms with van der Waals surface area (Å²) < 4.78 is 4.66. The fraction of sp³-hybridized carbons (Fsp3) is 0. The minimum atomic E-state index is -0.804. The Morgan fingerprint density at radius 2 is 2.12 bits per heavy atom. The Hall–Kier alpha value is -0.143. The van der Waals surface area contributed by atoms with Gasteiger partial charge in [0, 0.05) is 0 Å². The molecule has 0 heterocycles. The van der Waals surface area contributed by atoms with Gasteiger partial charge in [-0.3, -0.25) is 0 Å². The van der Waals surface area contributed by atoms with Crippen molar-refractivity contribution in [2.24, 2.45) is 0 Å². The van der Waals surface area contributed by atoms with Gasteiger partial charge in [-0.05, 0) is 11.2 Å². The lowest BCUT2D eigenvalue weighted by molar-refractivity contribution is 0.726. The molecule has 0 atom stereocenters. The van der Waals surface area contributed by atoms with E-state index in [1.165, 1.54) is 0 Å². The zero-order valence-corrected chi connectivity index (χ0v) is 6.87. The van der Waals surface area contributed by atoms with Crippen LogP contribution in [0.15, 0.2) is 0 Å². The average Bonchev–Trinajstić information content (AvgIpc) is 1.81. The van der Waals surface area contributed by atoms with Gasteiger partial charge in [0.25, 0.3) is 8.91 Å². The van der Waals surface area contributed by atoms with Gasteiger partial charge < -0.3 is 3.87 Å². The van der Waals surface area contributed by atoms with Crippen LogP contribution in [0.4, 0.5) is 0 Å². The van der Waals surface area contributed by atoms with Crippen molar-refractivity contribution in [2.45, 2.75) is 0 Å². The summed E-state index contributed by atoms with van der Waals surface area (Å²) in [5.41, 5.74) is 0. The van der Waals surface area contributed by atoms with Gasteiger partial charge in [0.15, 0.2) is 5.40 Å². The third-order valence-corrected chi connectivity index (χ3v) is 3.05. The first-order valence-corrected chi connectivity index (χ1v) is 5.64. The lowest BCUT2D eigenvalue weighted by Crippen LogP contribution is -1.79. The Bertz CT molecular complexity index is 111. The lowest BCUT2D eigenvalue weighted by Gasteiger charge is -1.84. The minimum absolute atomic E-state index is 0.743. The molecule has 0 aliphatic carbocycles. The maximum Gasteiger partial charge on any atom is 0.257 e. The number of rotatable bonds is 3. The van der Waals surface area contributed by atoms with Crippen LogP contribution in [0, 0.1) is 21.3 Å². The van der Waals surface area contributed by atoms with Gasteiger partial charge >= 0.3 is 0 Å². The van der Waals surface area contributed by atoms with Gasteiger partial charge in [0.2, 0.25) is 0 Å². The van der Waals surface area contributed by atoms with E-state index in [4.69, 9.17) is 10.5 Å². The van der Waals surface area contributed by atoms with Crippen LogP contribution in [0.1, 0.15) is 0 Å². The number of hydrogen-bond acceptors (Lipinski definition) is 5. The Morgan fingerprint density at radius 1 is 1.38 bits per heavy atom. The number of thiocyanates is 2. The minimum Gasteiger partial charge on any atom is -0.339 e. The molecular formula is C2H2N2OS2Si. The molecule has 0 bridgehead atoms. The maximum absolute atomic E-state index is 7.94. The molecule has 0 N–H and O–H groups in total. The fourth-order valence-corrected chi connectivity index (χ4v) is 1.77. The quantitative estimate of drug-likeness (QED) is 0.259. The highest BCUT2D eigenvalue weighted by atomic mass is 32.4. The van der Waals surface area contributed by atoms with E-state index in [1.54, 1.807) is 5.40 Å². The second kappa shape index (κ2) is 6.86. The predicted octanol–water partition coefficient (Wildman–Crippen LogP) is 0.345. The monoisotopic (exact) mass is 162 g/mol. The van der Waals surface area contributed by atoms with E-state index in [-0.39, 0.29) is 0 Å². The van der Waals surface area contributed by atoms with Gasteiger partial charge in [-0.1, -0.05) is 0 Å². The Balaban J connectivity index is 2.77. The van der Waals surface area contributed by atoms with Crippen molar-refractivity contribution < 1.29 is 3.87 Å². The molecule has 0 saturated carbocycles. The van der Waals surface area contributed by atoms with Crippen LogP contribution in [0.25, 0.3) is 0 Å². The zero-order chi connectivity index (χ0) is 6.24. The van der Waals surface area contributed by atoms with E-state index in [1.807, 2.05) is 5.40 Å². The molecule has 3 nitrogen and oxygen atoms in total. The number of nitriles is 2. The van der Waals surface area contributed by atoms with E-state index < -0.39 is 8.91 Å². The van der Waals surface area contributed by atoms with Crippen LogP contribution in [-0.4, -0.2) is 8.91 Å². The third kappa shape index (κ3) is 5.86. The normalized spacial score (nSPS) is 8.75. The topological polar surface area (TPSA) is 56.8 Å². The molecule has 0 fully saturated rings. The highest BCUT2D eigenvalue weighted by Gasteiger charge is 1.85. The van der Waals surface area contributed by atoms with Crippen LogP contribution in [-0.2, 0) is 3.87 Å². The molecular weight excluding hydrogens is 160 g/mol. The first kappa shape index (κ1) is 7.86. The van der Waals surface area contributed by atoms with Crippen molar-refractivity contribution in [1.29, 1.82) is 10.5 Å². The summed E-state index contributed by atoms with van der Waals surface area (Å²) in [6.07, 6.45) is 0. The molecule has 6 heteroatoms. The molecule has 0 amide bonds. The van der Waals surface area contributed by atoms with E-state index in [9.17, 15) is 0 Å². The Morgan fingerprint density at radius 3 is 2.62 bits per heavy atom. The molecule has 0 aliphatic heterocycles. The summed E-state index contributed by atoms with van der Waals surface area (Å²) in [4.78, 5) is 0. The van der Waals surface area contributed by atoms with Gasteiger partial charge in [0.1, 0.15) is 17.4 Å². The number of hydrogen-bond donors (Lipinski definition) is 0. The molecule has 0 aromatic rings. The van der Waals surface area contributed by atoms with Gasteiger partial charge in [0.05, 0.1) is 0 Å². The van der Waals surface area contributed by atoms with Crippen molar-refractivity contribution >= 4 is 32.2 Å². The Labute approximate surface area is 57.8 Å². The Kier molecular flexibility index (Phi) is 6.73. The first-order valence-electron chi connectivity index (χ1n) is 1.60. The van der Waals surface area contributed by atoms with E-state index in [0.717, 1.165) is 23.3 Å². The maximum atomic E-state index is 7.94. The summed E-state index contributed by atoms with van der Waals surface area (Å²) in [6, 6.07) is 0. The van der Waals surface area contributed by atoms with E-state index in [2.05, 4.69) is 3.87 Å². The molecule has 0 rings (SSSR count). The lowest BCUT2D eigenvalue weighted by atomic mass is 11.8. The van der Waals surface area contributed by atoms with Gasteiger partial charge in [-0.15, -0.1) is 0 Å². The van der Waals surface area contributed by atoms with Crippen molar-refractivity contribution in [2.75, 3.05) is 0 Å². The van der Waals surface area contributed by atoms with Crippen molar-refractivity contribution in [3.05, 3.63) is 0 Å². The predicted molar refractivity (Wildman–Crippen MR) is 36.0 cm³/mol. The molecule has 0 aromatic heterocycles. The number of nitrogens with zero attached hydrogens (tertiary/aromatic N) is 2. The SMILES string of the molecule is N#CSO[SiH2]SC#N. The van der Waals surface area contributed by atoms with Crippen molar-refractivity contribution in [3.63, 3.8) is 0 Å². The summed E-state index contributed by atoms with van der Waals surface area (Å²) in [7, 11) is -0.804. The largest absolute Gasteiger partial charge is 0.339 e. The molecule has 0 radical (unpaired) electrons. The van der Waals surface area contributed by atoms with E-state index in [0.29, 0.717) is 0 Å². The standard InChI is InChI=1S/C2H2N2OS2Si/c3-1-6-5-8-7-2-4/h8H2. The summed E-state index contributed by atoms with van der Waals surface area (Å²) >= 11 is 1.84. The summed E-state index contributed by atoms with van der Waals surface area (Å²) in [6.45, 7) is 0. The van der Waals surface area contributed by atoms with Crippen LogP contribution >= 0.6 is 23.3 Å². The molecule has 0 spiro atoms. The second-order valence-electron chi connectivity index (χ2n) is 0.646. The zero-order valence-electron chi connectivity index (χ0n) is 3.83. The van der Waals surface area contributed by atoms with Gasteiger partial charge in [-0.2, -0.15) is 10.5 Å². The second-order valence-corrected chi connectivity index (χ2v) is 4.22. The molecule has 0 saturated heterocycles. The van der Waals surface area contributed by atoms with Crippen molar-refractivity contribution in [1.82, 2.24) is 0 Å². The van der Waals surface area contributed by atoms with Crippen LogP contribution in [0.3, 0.4) is 0 Å². The van der Waals surface area contributed by atoms with Crippen LogP contribution in [0.5, 0.6) is 0 Å². The third-order valence-electron chi connectivity index (χ3n) is 0.268. The first-order chi connectivity index (χ1) is 3.91. The van der Waals surface area contributed by atoms with Crippen molar-refractivity contribution in [3.8, 4) is 10.8 Å². The van der Waals surface area contributed by atoms with Crippen LogP contribution < -0.4 is 0 Å². The smallest absolute Gasteiger partial charge is 0.257 e. The molecule has 42 valence electrons. The fourth-order valence-electron chi connectivity index (χ4n) is 0.101. The average molecular weight is 162 g/mol.